The quantitative estimate of drug-likeness (QED) is 0.905. The summed E-state index contributed by atoms with van der Waals surface area (Å²) < 4.78 is 12.9. The van der Waals surface area contributed by atoms with Gasteiger partial charge in [-0.2, -0.15) is 0 Å². The molecule has 0 aromatic heterocycles. The Morgan fingerprint density at radius 3 is 2.61 bits per heavy atom. The molecule has 1 unspecified atom stereocenters. The van der Waals surface area contributed by atoms with Crippen molar-refractivity contribution in [2.75, 3.05) is 13.1 Å². The van der Waals surface area contributed by atoms with E-state index in [2.05, 4.69) is 5.32 Å². The number of amides is 2. The maximum absolute atomic E-state index is 12.9. The summed E-state index contributed by atoms with van der Waals surface area (Å²) in [5, 5.41) is 3.08. The summed E-state index contributed by atoms with van der Waals surface area (Å²) in [5.41, 5.74) is 0.998. The van der Waals surface area contributed by atoms with Crippen molar-refractivity contribution in [2.45, 2.75) is 44.6 Å². The molecule has 2 amide bonds. The first-order valence-corrected chi connectivity index (χ1v) is 8.44. The fourth-order valence-electron chi connectivity index (χ4n) is 3.47. The lowest BCUT2D eigenvalue weighted by atomic mass is 10.1. The van der Waals surface area contributed by atoms with Gasteiger partial charge in [0, 0.05) is 25.6 Å². The van der Waals surface area contributed by atoms with Gasteiger partial charge >= 0.3 is 0 Å². The lowest BCUT2D eigenvalue weighted by Crippen LogP contribution is -2.38. The highest BCUT2D eigenvalue weighted by atomic mass is 19.1. The average molecular weight is 318 g/mol. The zero-order chi connectivity index (χ0) is 16.2. The summed E-state index contributed by atoms with van der Waals surface area (Å²) in [6.07, 6.45) is 5.46. The van der Waals surface area contributed by atoms with Crippen LogP contribution < -0.4 is 5.32 Å². The summed E-state index contributed by atoms with van der Waals surface area (Å²) in [6, 6.07) is 6.63. The van der Waals surface area contributed by atoms with Crippen LogP contribution in [0, 0.1) is 11.7 Å². The molecule has 2 fully saturated rings. The number of halogens is 1. The SMILES string of the molecule is O=C(NC1CCCC1)C1CC(=O)N(CCc2ccc(F)cc2)C1. The van der Waals surface area contributed by atoms with E-state index >= 15 is 0 Å². The molecular formula is C18H23FN2O2. The first kappa shape index (κ1) is 16.0. The Morgan fingerprint density at radius 1 is 1.22 bits per heavy atom. The van der Waals surface area contributed by atoms with Crippen LogP contribution in [0.1, 0.15) is 37.7 Å². The van der Waals surface area contributed by atoms with Crippen molar-refractivity contribution in [2.24, 2.45) is 5.92 Å². The number of hydrogen-bond acceptors (Lipinski definition) is 2. The van der Waals surface area contributed by atoms with Crippen LogP contribution in [0.3, 0.4) is 0 Å². The normalized spacial score (nSPS) is 21.9. The Kier molecular flexibility index (Phi) is 4.94. The van der Waals surface area contributed by atoms with Crippen LogP contribution in [0.5, 0.6) is 0 Å². The number of hydrogen-bond donors (Lipinski definition) is 1. The van der Waals surface area contributed by atoms with Crippen LogP contribution in [0.2, 0.25) is 0 Å². The van der Waals surface area contributed by atoms with Gasteiger partial charge in [-0.1, -0.05) is 25.0 Å². The van der Waals surface area contributed by atoms with Gasteiger partial charge in [0.1, 0.15) is 5.82 Å². The van der Waals surface area contributed by atoms with Crippen molar-refractivity contribution in [1.29, 1.82) is 0 Å². The lowest BCUT2D eigenvalue weighted by molar-refractivity contribution is -0.129. The van der Waals surface area contributed by atoms with Crippen LogP contribution in [0.4, 0.5) is 4.39 Å². The second-order valence-electron chi connectivity index (χ2n) is 6.61. The van der Waals surface area contributed by atoms with Crippen LogP contribution in [-0.4, -0.2) is 35.8 Å². The van der Waals surface area contributed by atoms with Crippen molar-refractivity contribution in [3.05, 3.63) is 35.6 Å². The zero-order valence-electron chi connectivity index (χ0n) is 13.3. The summed E-state index contributed by atoms with van der Waals surface area (Å²) >= 11 is 0. The molecule has 124 valence electrons. The molecule has 1 saturated carbocycles. The number of benzene rings is 1. The number of rotatable bonds is 5. The van der Waals surface area contributed by atoms with E-state index in [0.29, 0.717) is 32.0 Å². The monoisotopic (exact) mass is 318 g/mol. The molecule has 1 atom stereocenters. The third-order valence-corrected chi connectivity index (χ3v) is 4.87. The third-order valence-electron chi connectivity index (χ3n) is 4.87. The lowest BCUT2D eigenvalue weighted by Gasteiger charge is -2.18. The van der Waals surface area contributed by atoms with E-state index in [4.69, 9.17) is 0 Å². The van der Waals surface area contributed by atoms with E-state index in [1.165, 1.54) is 25.0 Å². The predicted molar refractivity (Wildman–Crippen MR) is 85.2 cm³/mol. The van der Waals surface area contributed by atoms with Gasteiger partial charge in [0.05, 0.1) is 5.92 Å². The van der Waals surface area contributed by atoms with E-state index in [9.17, 15) is 14.0 Å². The van der Waals surface area contributed by atoms with Gasteiger partial charge in [-0.3, -0.25) is 9.59 Å². The van der Waals surface area contributed by atoms with Crippen molar-refractivity contribution in [3.8, 4) is 0 Å². The van der Waals surface area contributed by atoms with Crippen LogP contribution in [-0.2, 0) is 16.0 Å². The molecule has 1 N–H and O–H groups in total. The summed E-state index contributed by atoms with van der Waals surface area (Å²) in [5.74, 6) is -0.417. The topological polar surface area (TPSA) is 49.4 Å². The Balaban J connectivity index is 1.48. The van der Waals surface area contributed by atoms with Gasteiger partial charge in [0.15, 0.2) is 0 Å². The van der Waals surface area contributed by atoms with Gasteiger partial charge in [-0.25, -0.2) is 4.39 Å². The number of likely N-dealkylation sites (tertiary alicyclic amines) is 1. The largest absolute Gasteiger partial charge is 0.353 e. The Bertz CT molecular complexity index is 567. The number of nitrogens with zero attached hydrogens (tertiary/aromatic N) is 1. The zero-order valence-corrected chi connectivity index (χ0v) is 13.3. The van der Waals surface area contributed by atoms with Crippen LogP contribution in [0.25, 0.3) is 0 Å². The molecule has 1 heterocycles. The van der Waals surface area contributed by atoms with E-state index in [-0.39, 0.29) is 23.5 Å². The summed E-state index contributed by atoms with van der Waals surface area (Å²) in [7, 11) is 0. The molecule has 0 spiro atoms. The summed E-state index contributed by atoms with van der Waals surface area (Å²) in [6.45, 7) is 1.08. The fraction of sp³-hybridized carbons (Fsp3) is 0.556. The first-order valence-electron chi connectivity index (χ1n) is 8.44. The molecule has 1 aromatic rings. The maximum atomic E-state index is 12.9. The minimum absolute atomic E-state index is 0.0227. The first-order chi connectivity index (χ1) is 11.1. The molecule has 4 nitrogen and oxygen atoms in total. The highest BCUT2D eigenvalue weighted by molar-refractivity contribution is 5.89. The molecule has 0 bridgehead atoms. The highest BCUT2D eigenvalue weighted by Crippen LogP contribution is 2.22. The average Bonchev–Trinajstić information content (AvgIpc) is 3.16. The fourth-order valence-corrected chi connectivity index (χ4v) is 3.47. The van der Waals surface area contributed by atoms with Crippen molar-refractivity contribution < 1.29 is 14.0 Å². The minimum Gasteiger partial charge on any atom is -0.353 e. The standard InChI is InChI=1S/C18H23FN2O2/c19-15-7-5-13(6-8-15)9-10-21-12-14(11-17(21)22)18(23)20-16-3-1-2-4-16/h5-8,14,16H,1-4,9-12H2,(H,20,23). The van der Waals surface area contributed by atoms with E-state index in [0.717, 1.165) is 18.4 Å². The molecule has 3 rings (SSSR count). The molecule has 1 aliphatic heterocycles. The molecule has 23 heavy (non-hydrogen) atoms. The van der Waals surface area contributed by atoms with Crippen molar-refractivity contribution >= 4 is 11.8 Å². The van der Waals surface area contributed by atoms with Gasteiger partial charge in [0.2, 0.25) is 11.8 Å². The van der Waals surface area contributed by atoms with E-state index < -0.39 is 0 Å². The van der Waals surface area contributed by atoms with Gasteiger partial charge in [0.25, 0.3) is 0 Å². The van der Waals surface area contributed by atoms with Crippen LogP contribution in [0.15, 0.2) is 24.3 Å². The van der Waals surface area contributed by atoms with Crippen molar-refractivity contribution in [3.63, 3.8) is 0 Å². The maximum Gasteiger partial charge on any atom is 0.225 e. The third kappa shape index (κ3) is 4.09. The van der Waals surface area contributed by atoms with Gasteiger partial charge in [-0.05, 0) is 37.0 Å². The van der Waals surface area contributed by atoms with E-state index in [1.54, 1.807) is 17.0 Å². The highest BCUT2D eigenvalue weighted by Gasteiger charge is 2.34. The smallest absolute Gasteiger partial charge is 0.225 e. The molecule has 1 aromatic carbocycles. The van der Waals surface area contributed by atoms with E-state index in [1.807, 2.05) is 0 Å². The van der Waals surface area contributed by atoms with Gasteiger partial charge < -0.3 is 10.2 Å². The van der Waals surface area contributed by atoms with Crippen molar-refractivity contribution in [1.82, 2.24) is 10.2 Å². The molecular weight excluding hydrogens is 295 g/mol. The predicted octanol–water partition coefficient (Wildman–Crippen LogP) is 2.28. The molecule has 5 heteroatoms. The summed E-state index contributed by atoms with van der Waals surface area (Å²) in [4.78, 5) is 26.1. The Hall–Kier alpha value is -1.91. The second kappa shape index (κ2) is 7.11. The second-order valence-corrected chi connectivity index (χ2v) is 6.61. The molecule has 0 radical (unpaired) electrons. The Morgan fingerprint density at radius 2 is 1.91 bits per heavy atom. The number of carbonyl (C=O) groups excluding carboxylic acids is 2. The number of carbonyl (C=O) groups is 2. The minimum atomic E-state index is -0.255. The molecule has 1 saturated heterocycles. The molecule has 1 aliphatic carbocycles. The van der Waals surface area contributed by atoms with Crippen LogP contribution >= 0.6 is 0 Å². The number of nitrogens with one attached hydrogen (secondary N) is 1. The van der Waals surface area contributed by atoms with Gasteiger partial charge in [-0.15, -0.1) is 0 Å². The Labute approximate surface area is 136 Å². The molecule has 2 aliphatic rings.